The lowest BCUT2D eigenvalue weighted by molar-refractivity contribution is 0.102. The molecule has 2 N–H and O–H groups in total. The van der Waals surface area contributed by atoms with Gasteiger partial charge < -0.3 is 5.32 Å². The van der Waals surface area contributed by atoms with Crippen molar-refractivity contribution in [3.8, 4) is 0 Å². The van der Waals surface area contributed by atoms with Crippen LogP contribution in [0.15, 0.2) is 36.7 Å². The molecule has 8 heteroatoms. The number of nitrogens with zero attached hydrogens (tertiary/aromatic N) is 3. The molecule has 0 fully saturated rings. The maximum Gasteiger partial charge on any atom is 0.284 e. The van der Waals surface area contributed by atoms with E-state index in [2.05, 4.69) is 25.4 Å². The first kappa shape index (κ1) is 17.2. The van der Waals surface area contributed by atoms with Crippen molar-refractivity contribution in [2.45, 2.75) is 19.4 Å². The molecule has 134 valence electrons. The number of rotatable bonds is 4. The zero-order valence-corrected chi connectivity index (χ0v) is 15.6. The van der Waals surface area contributed by atoms with Crippen molar-refractivity contribution in [2.24, 2.45) is 0 Å². The summed E-state index contributed by atoms with van der Waals surface area (Å²) in [7, 11) is 0. The fourth-order valence-electron chi connectivity index (χ4n) is 3.00. The Morgan fingerprint density at radius 3 is 2.85 bits per heavy atom. The molecule has 0 saturated carbocycles. The maximum atomic E-state index is 12.5. The van der Waals surface area contributed by atoms with Gasteiger partial charge in [-0.25, -0.2) is 4.98 Å². The molecule has 1 amide bonds. The highest BCUT2D eigenvalue weighted by molar-refractivity contribution is 7.13. The number of hydrogen-bond acceptors (Lipinski definition) is 5. The SMILES string of the molecule is O=C(Nc1ccc(Cl)cc1)c1nc2c(s1)CCN(Cc1cn[nH]c1)CC2. The van der Waals surface area contributed by atoms with Gasteiger partial charge in [0.1, 0.15) is 0 Å². The lowest BCUT2D eigenvalue weighted by Gasteiger charge is -2.18. The van der Waals surface area contributed by atoms with E-state index in [0.717, 1.165) is 43.9 Å². The molecule has 3 aromatic rings. The number of amides is 1. The van der Waals surface area contributed by atoms with E-state index in [9.17, 15) is 4.79 Å². The van der Waals surface area contributed by atoms with Gasteiger partial charge in [-0.15, -0.1) is 11.3 Å². The average Bonchev–Trinajstić information content (AvgIpc) is 3.25. The highest BCUT2D eigenvalue weighted by Crippen LogP contribution is 2.24. The number of thiazole rings is 1. The van der Waals surface area contributed by atoms with Crippen LogP contribution in [-0.2, 0) is 19.4 Å². The lowest BCUT2D eigenvalue weighted by Crippen LogP contribution is -2.25. The molecule has 3 heterocycles. The summed E-state index contributed by atoms with van der Waals surface area (Å²) in [5.74, 6) is -0.166. The van der Waals surface area contributed by atoms with Gasteiger partial charge >= 0.3 is 0 Å². The number of H-pyrrole nitrogens is 1. The van der Waals surface area contributed by atoms with Crippen LogP contribution in [-0.4, -0.2) is 39.1 Å². The minimum absolute atomic E-state index is 0.166. The second-order valence-electron chi connectivity index (χ2n) is 6.23. The zero-order chi connectivity index (χ0) is 17.9. The Balaban J connectivity index is 1.40. The number of anilines is 1. The number of carbonyl (C=O) groups is 1. The van der Waals surface area contributed by atoms with Gasteiger partial charge in [0.15, 0.2) is 5.01 Å². The van der Waals surface area contributed by atoms with Crippen LogP contribution >= 0.6 is 22.9 Å². The van der Waals surface area contributed by atoms with Crippen molar-refractivity contribution in [3.05, 3.63) is 62.8 Å². The van der Waals surface area contributed by atoms with Gasteiger partial charge in [0, 0.05) is 53.4 Å². The van der Waals surface area contributed by atoms with Crippen LogP contribution in [0.25, 0.3) is 0 Å². The van der Waals surface area contributed by atoms with E-state index in [0.29, 0.717) is 10.0 Å². The summed E-state index contributed by atoms with van der Waals surface area (Å²) in [5.41, 5.74) is 2.95. The number of nitrogens with one attached hydrogen (secondary N) is 2. The number of benzene rings is 1. The molecule has 1 aromatic carbocycles. The molecule has 6 nitrogen and oxygen atoms in total. The fourth-order valence-corrected chi connectivity index (χ4v) is 4.12. The molecule has 0 spiro atoms. The largest absolute Gasteiger partial charge is 0.320 e. The first-order chi connectivity index (χ1) is 12.7. The van der Waals surface area contributed by atoms with E-state index in [1.807, 2.05) is 12.4 Å². The summed E-state index contributed by atoms with van der Waals surface area (Å²) in [6, 6.07) is 7.07. The molecule has 0 bridgehead atoms. The molecule has 0 unspecified atom stereocenters. The first-order valence-corrected chi connectivity index (χ1v) is 9.62. The third-order valence-corrected chi connectivity index (χ3v) is 5.76. The van der Waals surface area contributed by atoms with Gasteiger partial charge in [0.05, 0.1) is 11.9 Å². The van der Waals surface area contributed by atoms with E-state index >= 15 is 0 Å². The normalized spacial score (nSPS) is 14.7. The Kier molecular flexibility index (Phi) is 5.01. The summed E-state index contributed by atoms with van der Waals surface area (Å²) in [6.45, 7) is 2.77. The summed E-state index contributed by atoms with van der Waals surface area (Å²) in [4.78, 5) is 20.7. The third-order valence-electron chi connectivity index (χ3n) is 4.36. The Labute approximate surface area is 160 Å². The minimum Gasteiger partial charge on any atom is -0.320 e. The molecule has 0 saturated heterocycles. The van der Waals surface area contributed by atoms with Gasteiger partial charge in [-0.3, -0.25) is 14.8 Å². The van der Waals surface area contributed by atoms with E-state index in [4.69, 9.17) is 11.6 Å². The maximum absolute atomic E-state index is 12.5. The van der Waals surface area contributed by atoms with E-state index in [1.165, 1.54) is 21.8 Å². The second kappa shape index (κ2) is 7.57. The van der Waals surface area contributed by atoms with Gasteiger partial charge in [-0.1, -0.05) is 11.6 Å². The van der Waals surface area contributed by atoms with Gasteiger partial charge in [0.25, 0.3) is 5.91 Å². The lowest BCUT2D eigenvalue weighted by atomic mass is 10.2. The Bertz CT molecular complexity index is 865. The summed E-state index contributed by atoms with van der Waals surface area (Å²) < 4.78 is 0. The Morgan fingerprint density at radius 2 is 2.08 bits per heavy atom. The van der Waals surface area contributed by atoms with Crippen molar-refractivity contribution in [3.63, 3.8) is 0 Å². The molecule has 4 rings (SSSR count). The number of aromatic amines is 1. The summed E-state index contributed by atoms with van der Waals surface area (Å²) in [6.07, 6.45) is 5.56. The van der Waals surface area contributed by atoms with E-state index < -0.39 is 0 Å². The standard InChI is InChI=1S/C18H18ClN5OS/c19-13-1-3-14(4-2-13)22-17(25)18-23-15-5-7-24(8-6-16(15)26-18)11-12-9-20-21-10-12/h1-4,9-10H,5-8,11H2,(H,20,21)(H,22,25). The quantitative estimate of drug-likeness (QED) is 0.719. The predicted molar refractivity (Wildman–Crippen MR) is 103 cm³/mol. The Morgan fingerprint density at radius 1 is 1.27 bits per heavy atom. The number of aromatic nitrogens is 3. The highest BCUT2D eigenvalue weighted by atomic mass is 35.5. The monoisotopic (exact) mass is 387 g/mol. The van der Waals surface area contributed by atoms with Gasteiger partial charge in [-0.2, -0.15) is 5.10 Å². The first-order valence-electron chi connectivity index (χ1n) is 8.43. The van der Waals surface area contributed by atoms with Crippen LogP contribution in [0.4, 0.5) is 5.69 Å². The molecule has 26 heavy (non-hydrogen) atoms. The number of hydrogen-bond donors (Lipinski definition) is 2. The van der Waals surface area contributed by atoms with Gasteiger partial charge in [-0.05, 0) is 30.7 Å². The summed E-state index contributed by atoms with van der Waals surface area (Å²) in [5, 5.41) is 10.9. The fraction of sp³-hybridized carbons (Fsp3) is 0.278. The van der Waals surface area contributed by atoms with Crippen LogP contribution in [0.1, 0.15) is 25.9 Å². The van der Waals surface area contributed by atoms with Crippen molar-refractivity contribution < 1.29 is 4.79 Å². The van der Waals surface area contributed by atoms with Crippen LogP contribution < -0.4 is 5.32 Å². The Hall–Kier alpha value is -2.22. The average molecular weight is 388 g/mol. The van der Waals surface area contributed by atoms with Gasteiger partial charge in [0.2, 0.25) is 0 Å². The number of carbonyl (C=O) groups excluding carboxylic acids is 1. The highest BCUT2D eigenvalue weighted by Gasteiger charge is 2.21. The summed E-state index contributed by atoms with van der Waals surface area (Å²) >= 11 is 7.37. The molecule has 2 aromatic heterocycles. The van der Waals surface area contributed by atoms with E-state index in [-0.39, 0.29) is 5.91 Å². The predicted octanol–water partition coefficient (Wildman–Crippen LogP) is 3.37. The van der Waals surface area contributed by atoms with Crippen LogP contribution in [0, 0.1) is 0 Å². The zero-order valence-electron chi connectivity index (χ0n) is 14.0. The third kappa shape index (κ3) is 3.95. The molecule has 0 radical (unpaired) electrons. The molecule has 0 aliphatic carbocycles. The molecule has 1 aliphatic heterocycles. The number of fused-ring (bicyclic) bond motifs is 1. The second-order valence-corrected chi connectivity index (χ2v) is 7.75. The topological polar surface area (TPSA) is 73.9 Å². The van der Waals surface area contributed by atoms with Crippen LogP contribution in [0.3, 0.4) is 0 Å². The van der Waals surface area contributed by atoms with E-state index in [1.54, 1.807) is 24.3 Å². The molecule has 1 aliphatic rings. The smallest absolute Gasteiger partial charge is 0.284 e. The molecular formula is C18H18ClN5OS. The number of halogens is 1. The van der Waals surface area contributed by atoms with Crippen molar-refractivity contribution in [1.82, 2.24) is 20.1 Å². The van der Waals surface area contributed by atoms with Crippen LogP contribution in [0.2, 0.25) is 5.02 Å². The molecular weight excluding hydrogens is 370 g/mol. The van der Waals surface area contributed by atoms with Crippen LogP contribution in [0.5, 0.6) is 0 Å². The van der Waals surface area contributed by atoms with Crippen molar-refractivity contribution in [2.75, 3.05) is 18.4 Å². The van der Waals surface area contributed by atoms with Crippen molar-refractivity contribution in [1.29, 1.82) is 0 Å². The van der Waals surface area contributed by atoms with Crippen molar-refractivity contribution >= 4 is 34.5 Å². The molecule has 0 atom stereocenters. The minimum atomic E-state index is -0.166.